The molecule has 0 atom stereocenters. The van der Waals surface area contributed by atoms with Crippen LogP contribution < -0.4 is 0 Å². The minimum atomic E-state index is -4.35. The fourth-order valence-electron chi connectivity index (χ4n) is 1.21. The van der Waals surface area contributed by atoms with Gasteiger partial charge in [0.05, 0.1) is 0 Å². The first-order chi connectivity index (χ1) is 6.32. The molecule has 14 heavy (non-hydrogen) atoms. The Labute approximate surface area is 81.0 Å². The van der Waals surface area contributed by atoms with Crippen molar-refractivity contribution in [2.75, 3.05) is 0 Å². The molecule has 0 saturated carbocycles. The lowest BCUT2D eigenvalue weighted by atomic mass is 10.0. The van der Waals surface area contributed by atoms with Gasteiger partial charge in [0.15, 0.2) is 0 Å². The van der Waals surface area contributed by atoms with Crippen LogP contribution in [0.2, 0.25) is 0 Å². The fraction of sp³-hybridized carbons (Fsp3) is 0.500. The fourth-order valence-corrected chi connectivity index (χ4v) is 1.21. The van der Waals surface area contributed by atoms with Crippen LogP contribution in [0.4, 0.5) is 13.2 Å². The van der Waals surface area contributed by atoms with E-state index in [9.17, 15) is 13.2 Å². The molecule has 0 radical (unpaired) electrons. The van der Waals surface area contributed by atoms with Crippen LogP contribution in [0.25, 0.3) is 0 Å². The van der Waals surface area contributed by atoms with E-state index < -0.39 is 11.9 Å². The van der Waals surface area contributed by atoms with Gasteiger partial charge in [-0.1, -0.05) is 19.9 Å². The van der Waals surface area contributed by atoms with E-state index in [0.717, 1.165) is 5.56 Å². The average molecular weight is 203 g/mol. The molecule has 0 spiro atoms. The van der Waals surface area contributed by atoms with Crippen molar-refractivity contribution >= 4 is 0 Å². The molecule has 78 valence electrons. The van der Waals surface area contributed by atoms with Crippen LogP contribution in [0.5, 0.6) is 0 Å². The Bertz CT molecular complexity index is 329. The molecule has 0 N–H and O–H groups in total. The molecule has 0 unspecified atom stereocenters. The standard InChI is InChI=1S/C10H12F3N/c1-6(2)8-4-7(3)9(14-5-8)10(11,12)13/h4-6H,1-3H3. The summed E-state index contributed by atoms with van der Waals surface area (Å²) < 4.78 is 37.0. The molecular weight excluding hydrogens is 191 g/mol. The third kappa shape index (κ3) is 2.25. The average Bonchev–Trinajstić information content (AvgIpc) is 2.01. The van der Waals surface area contributed by atoms with Crippen molar-refractivity contribution in [1.29, 1.82) is 0 Å². The van der Waals surface area contributed by atoms with E-state index in [2.05, 4.69) is 4.98 Å². The van der Waals surface area contributed by atoms with Crippen molar-refractivity contribution in [3.8, 4) is 0 Å². The second-order valence-electron chi connectivity index (χ2n) is 3.59. The van der Waals surface area contributed by atoms with Crippen molar-refractivity contribution < 1.29 is 13.2 Å². The van der Waals surface area contributed by atoms with Crippen LogP contribution in [0.1, 0.15) is 36.6 Å². The molecule has 0 aliphatic rings. The molecule has 0 amide bonds. The van der Waals surface area contributed by atoms with Gasteiger partial charge in [0, 0.05) is 6.20 Å². The lowest BCUT2D eigenvalue weighted by molar-refractivity contribution is -0.141. The predicted octanol–water partition coefficient (Wildman–Crippen LogP) is 3.53. The highest BCUT2D eigenvalue weighted by Crippen LogP contribution is 2.30. The van der Waals surface area contributed by atoms with Gasteiger partial charge in [-0.3, -0.25) is 4.98 Å². The highest BCUT2D eigenvalue weighted by atomic mass is 19.4. The number of pyridine rings is 1. The van der Waals surface area contributed by atoms with Crippen LogP contribution >= 0.6 is 0 Å². The smallest absolute Gasteiger partial charge is 0.251 e. The molecule has 1 heterocycles. The molecule has 1 aromatic heterocycles. The summed E-state index contributed by atoms with van der Waals surface area (Å²) in [6.07, 6.45) is -3.06. The monoisotopic (exact) mass is 203 g/mol. The minimum absolute atomic E-state index is 0.184. The Morgan fingerprint density at radius 2 is 1.86 bits per heavy atom. The van der Waals surface area contributed by atoms with Crippen LogP contribution in [-0.4, -0.2) is 4.98 Å². The third-order valence-corrected chi connectivity index (χ3v) is 2.03. The number of hydrogen-bond acceptors (Lipinski definition) is 1. The number of alkyl halides is 3. The summed E-state index contributed by atoms with van der Waals surface area (Å²) in [5.41, 5.74) is 0.223. The molecule has 1 aromatic rings. The molecular formula is C10H12F3N. The number of aryl methyl sites for hydroxylation is 1. The van der Waals surface area contributed by atoms with Crippen LogP contribution in [0.3, 0.4) is 0 Å². The molecule has 0 aromatic carbocycles. The molecule has 0 saturated heterocycles. The zero-order valence-electron chi connectivity index (χ0n) is 8.31. The quantitative estimate of drug-likeness (QED) is 0.680. The summed E-state index contributed by atoms with van der Waals surface area (Å²) in [5.74, 6) is 0.198. The normalized spacial score (nSPS) is 12.2. The first-order valence-electron chi connectivity index (χ1n) is 4.36. The summed E-state index contributed by atoms with van der Waals surface area (Å²) in [4.78, 5) is 3.45. The van der Waals surface area contributed by atoms with Crippen molar-refractivity contribution in [3.63, 3.8) is 0 Å². The van der Waals surface area contributed by atoms with Crippen LogP contribution in [-0.2, 0) is 6.18 Å². The van der Waals surface area contributed by atoms with Gasteiger partial charge in [-0.05, 0) is 24.0 Å². The summed E-state index contributed by atoms with van der Waals surface area (Å²) in [6.45, 7) is 5.27. The Hall–Kier alpha value is -1.06. The van der Waals surface area contributed by atoms with Gasteiger partial charge in [-0.15, -0.1) is 0 Å². The first-order valence-corrected chi connectivity index (χ1v) is 4.36. The second kappa shape index (κ2) is 3.59. The number of hydrogen-bond donors (Lipinski definition) is 0. The zero-order valence-corrected chi connectivity index (χ0v) is 8.31. The first kappa shape index (κ1) is 11.0. The SMILES string of the molecule is Cc1cc(C(C)C)cnc1C(F)(F)F. The van der Waals surface area contributed by atoms with E-state index in [4.69, 9.17) is 0 Å². The van der Waals surface area contributed by atoms with E-state index in [1.165, 1.54) is 13.1 Å². The van der Waals surface area contributed by atoms with E-state index >= 15 is 0 Å². The zero-order chi connectivity index (χ0) is 10.9. The van der Waals surface area contributed by atoms with Crippen molar-refractivity contribution in [2.45, 2.75) is 32.9 Å². The maximum Gasteiger partial charge on any atom is 0.433 e. The maximum atomic E-state index is 12.3. The van der Waals surface area contributed by atoms with Gasteiger partial charge in [-0.2, -0.15) is 13.2 Å². The van der Waals surface area contributed by atoms with Crippen molar-refractivity contribution in [3.05, 3.63) is 29.1 Å². The van der Waals surface area contributed by atoms with Gasteiger partial charge < -0.3 is 0 Å². The minimum Gasteiger partial charge on any atom is -0.251 e. The Morgan fingerprint density at radius 3 is 2.21 bits per heavy atom. The van der Waals surface area contributed by atoms with E-state index in [-0.39, 0.29) is 11.5 Å². The maximum absolute atomic E-state index is 12.3. The summed E-state index contributed by atoms with van der Waals surface area (Å²) in [7, 11) is 0. The topological polar surface area (TPSA) is 12.9 Å². The van der Waals surface area contributed by atoms with Gasteiger partial charge in [0.25, 0.3) is 0 Å². The molecule has 1 nitrogen and oxygen atoms in total. The Balaban J connectivity index is 3.15. The Kier molecular flexibility index (Phi) is 2.83. The van der Waals surface area contributed by atoms with Gasteiger partial charge in [0.1, 0.15) is 5.69 Å². The van der Waals surface area contributed by atoms with E-state index in [0.29, 0.717) is 0 Å². The van der Waals surface area contributed by atoms with Crippen LogP contribution in [0, 0.1) is 6.92 Å². The van der Waals surface area contributed by atoms with Crippen LogP contribution in [0.15, 0.2) is 12.3 Å². The largest absolute Gasteiger partial charge is 0.433 e. The third-order valence-electron chi connectivity index (χ3n) is 2.03. The predicted molar refractivity (Wildman–Crippen MR) is 48.1 cm³/mol. The Morgan fingerprint density at radius 1 is 1.29 bits per heavy atom. The lowest BCUT2D eigenvalue weighted by Gasteiger charge is -2.11. The highest BCUT2D eigenvalue weighted by molar-refractivity contribution is 5.27. The lowest BCUT2D eigenvalue weighted by Crippen LogP contribution is -2.11. The summed E-state index contributed by atoms with van der Waals surface area (Å²) >= 11 is 0. The summed E-state index contributed by atoms with van der Waals surface area (Å²) in [5, 5.41) is 0. The highest BCUT2D eigenvalue weighted by Gasteiger charge is 2.34. The number of nitrogens with zero attached hydrogens (tertiary/aromatic N) is 1. The molecule has 1 rings (SSSR count). The molecule has 4 heteroatoms. The summed E-state index contributed by atoms with van der Waals surface area (Å²) in [6, 6.07) is 1.54. The molecule has 0 fully saturated rings. The van der Waals surface area contributed by atoms with Gasteiger partial charge >= 0.3 is 6.18 Å². The van der Waals surface area contributed by atoms with Gasteiger partial charge in [0.2, 0.25) is 0 Å². The number of rotatable bonds is 1. The van der Waals surface area contributed by atoms with Crippen molar-refractivity contribution in [2.24, 2.45) is 0 Å². The molecule has 0 bridgehead atoms. The van der Waals surface area contributed by atoms with E-state index in [1.807, 2.05) is 13.8 Å². The number of halogens is 3. The molecule has 0 aliphatic carbocycles. The second-order valence-corrected chi connectivity index (χ2v) is 3.59. The van der Waals surface area contributed by atoms with Gasteiger partial charge in [-0.25, -0.2) is 0 Å². The number of aromatic nitrogens is 1. The van der Waals surface area contributed by atoms with Crippen molar-refractivity contribution in [1.82, 2.24) is 4.98 Å². The molecule has 0 aliphatic heterocycles. The van der Waals surface area contributed by atoms with E-state index in [1.54, 1.807) is 6.07 Å².